The number of esters is 3. The van der Waals surface area contributed by atoms with Crippen LogP contribution in [0.15, 0.2) is 48.6 Å². The van der Waals surface area contributed by atoms with E-state index in [1.165, 1.54) is 135 Å². The predicted molar refractivity (Wildman–Crippen MR) is 307 cm³/mol. The number of ether oxygens (including phenoxy) is 3. The van der Waals surface area contributed by atoms with Gasteiger partial charge in [0.15, 0.2) is 6.10 Å². The Hall–Kier alpha value is -2.56. The van der Waals surface area contributed by atoms with E-state index in [9.17, 15) is 28.9 Å². The fourth-order valence-corrected chi connectivity index (χ4v) is 9.39. The molecule has 0 aliphatic heterocycles. The molecule has 0 radical (unpaired) electrons. The van der Waals surface area contributed by atoms with Crippen LogP contribution >= 0.6 is 7.82 Å². The molecule has 74 heavy (non-hydrogen) atoms. The summed E-state index contributed by atoms with van der Waals surface area (Å²) < 4.78 is 39.5. The highest BCUT2D eigenvalue weighted by atomic mass is 31.2. The first-order chi connectivity index (χ1) is 36.2. The minimum absolute atomic E-state index is 0.143. The maximum Gasteiger partial charge on any atom is 0.472 e. The lowest BCUT2D eigenvalue weighted by Gasteiger charge is -2.21. The van der Waals surface area contributed by atoms with Crippen LogP contribution in [0, 0.1) is 0 Å². The van der Waals surface area contributed by atoms with Crippen LogP contribution in [0.4, 0.5) is 0 Å². The topological polar surface area (TPSA) is 155 Å². The van der Waals surface area contributed by atoms with Gasteiger partial charge in [0, 0.05) is 19.3 Å². The number of aliphatic hydroxyl groups is 1. The number of unbranched alkanes of at least 4 members (excludes halogenated alkanes) is 32. The molecule has 0 rings (SSSR count). The van der Waals surface area contributed by atoms with E-state index in [-0.39, 0.29) is 25.9 Å². The fourth-order valence-electron chi connectivity index (χ4n) is 8.60. The van der Waals surface area contributed by atoms with Crippen LogP contribution in [0.1, 0.15) is 290 Å². The maximum absolute atomic E-state index is 12.9. The summed E-state index contributed by atoms with van der Waals surface area (Å²) in [5.41, 5.74) is 0. The molecule has 0 amide bonds. The average molecular weight is 1070 g/mol. The number of allylic oxidation sites excluding steroid dienone is 8. The predicted octanol–water partition coefficient (Wildman–Crippen LogP) is 18.1. The van der Waals surface area contributed by atoms with Crippen LogP contribution in [0.2, 0.25) is 0 Å². The number of rotatable bonds is 57. The summed E-state index contributed by atoms with van der Waals surface area (Å²) >= 11 is 0. The number of hydrogen-bond donors (Lipinski definition) is 2. The van der Waals surface area contributed by atoms with Gasteiger partial charge in [-0.2, -0.15) is 0 Å². The minimum atomic E-state index is -4.75. The second-order valence-electron chi connectivity index (χ2n) is 20.5. The van der Waals surface area contributed by atoms with Gasteiger partial charge in [0.25, 0.3) is 0 Å². The monoisotopic (exact) mass is 1060 g/mol. The zero-order chi connectivity index (χ0) is 54.1. The van der Waals surface area contributed by atoms with Crippen molar-refractivity contribution in [3.8, 4) is 0 Å². The first kappa shape index (κ1) is 71.4. The highest BCUT2D eigenvalue weighted by Crippen LogP contribution is 2.43. The van der Waals surface area contributed by atoms with Crippen molar-refractivity contribution in [2.75, 3.05) is 26.4 Å². The Morgan fingerprint density at radius 2 is 0.703 bits per heavy atom. The minimum Gasteiger partial charge on any atom is -0.462 e. The van der Waals surface area contributed by atoms with Gasteiger partial charge in [0.2, 0.25) is 0 Å². The number of aliphatic hydroxyl groups excluding tert-OH is 1. The van der Waals surface area contributed by atoms with Crippen molar-refractivity contribution in [1.82, 2.24) is 0 Å². The zero-order valence-corrected chi connectivity index (χ0v) is 48.7. The molecule has 0 heterocycles. The number of hydrogen-bond acceptors (Lipinski definition) is 10. The molecule has 0 spiro atoms. The molecule has 0 saturated carbocycles. The standard InChI is InChI=1S/C62H113O11P/c1-4-7-10-13-16-19-22-25-27-28-29-30-32-34-36-39-42-45-48-51-60(64)69-55-59(73-62(66)53-50-47-44-41-38-35-31-26-23-20-17-14-11-8-5-2)57-71-74(67,68)70-56-58(54-63)72-61(65)52-49-46-43-40-37-33-24-21-18-15-12-9-6-3/h9,12,18,21,26,31,33,37,58-59,63H,4-8,10-11,13-17,19-20,22-25,27-30,32,34-36,38-57H2,1-3H3,(H,67,68)/b12-9-,21-18-,31-26-,37-33-. The molecular weight excluding hydrogens is 952 g/mol. The van der Waals surface area contributed by atoms with Gasteiger partial charge in [-0.15, -0.1) is 0 Å². The summed E-state index contributed by atoms with van der Waals surface area (Å²) in [6.07, 6.45) is 60.7. The lowest BCUT2D eigenvalue weighted by Crippen LogP contribution is -2.30. The van der Waals surface area contributed by atoms with Crippen molar-refractivity contribution in [3.63, 3.8) is 0 Å². The van der Waals surface area contributed by atoms with Gasteiger partial charge in [-0.3, -0.25) is 23.4 Å². The first-order valence-electron chi connectivity index (χ1n) is 30.5. The van der Waals surface area contributed by atoms with E-state index in [1.807, 2.05) is 0 Å². The molecule has 0 aromatic rings. The van der Waals surface area contributed by atoms with Crippen molar-refractivity contribution < 1.29 is 52.2 Å². The molecule has 432 valence electrons. The summed E-state index contributed by atoms with van der Waals surface area (Å²) in [7, 11) is -4.75. The molecular formula is C62H113O11P. The third kappa shape index (κ3) is 54.2. The summed E-state index contributed by atoms with van der Waals surface area (Å²) in [5, 5.41) is 9.81. The molecule has 3 atom stereocenters. The van der Waals surface area contributed by atoms with Crippen LogP contribution in [-0.2, 0) is 42.2 Å². The molecule has 0 saturated heterocycles. The normalized spacial score (nSPS) is 13.6. The van der Waals surface area contributed by atoms with Crippen molar-refractivity contribution in [3.05, 3.63) is 48.6 Å². The van der Waals surface area contributed by atoms with Crippen LogP contribution in [-0.4, -0.2) is 66.5 Å². The van der Waals surface area contributed by atoms with Crippen molar-refractivity contribution >= 4 is 25.7 Å². The van der Waals surface area contributed by atoms with E-state index >= 15 is 0 Å². The second kappa shape index (κ2) is 56.6. The number of phosphoric ester groups is 1. The largest absolute Gasteiger partial charge is 0.472 e. The van der Waals surface area contributed by atoms with Gasteiger partial charge in [-0.05, 0) is 77.0 Å². The van der Waals surface area contributed by atoms with E-state index < -0.39 is 57.8 Å². The van der Waals surface area contributed by atoms with Gasteiger partial charge in [0.1, 0.15) is 12.7 Å². The molecule has 11 nitrogen and oxygen atoms in total. The van der Waals surface area contributed by atoms with Crippen molar-refractivity contribution in [2.45, 2.75) is 303 Å². The van der Waals surface area contributed by atoms with Gasteiger partial charge >= 0.3 is 25.7 Å². The third-order valence-electron chi connectivity index (χ3n) is 13.2. The number of carbonyl (C=O) groups excluding carboxylic acids is 3. The van der Waals surface area contributed by atoms with E-state index in [2.05, 4.69) is 69.4 Å². The average Bonchev–Trinajstić information content (AvgIpc) is 3.39. The quantitative estimate of drug-likeness (QED) is 0.0197. The zero-order valence-electron chi connectivity index (χ0n) is 47.8. The number of phosphoric acid groups is 1. The molecule has 2 N–H and O–H groups in total. The highest BCUT2D eigenvalue weighted by Gasteiger charge is 2.28. The van der Waals surface area contributed by atoms with Crippen molar-refractivity contribution in [1.29, 1.82) is 0 Å². The summed E-state index contributed by atoms with van der Waals surface area (Å²) in [5.74, 6) is -1.49. The summed E-state index contributed by atoms with van der Waals surface area (Å²) in [6.45, 7) is 4.53. The van der Waals surface area contributed by atoms with Gasteiger partial charge in [0.05, 0.1) is 19.8 Å². The Morgan fingerprint density at radius 1 is 0.392 bits per heavy atom. The Bertz CT molecular complexity index is 1430. The number of carbonyl (C=O) groups is 3. The maximum atomic E-state index is 12.9. The lowest BCUT2D eigenvalue weighted by atomic mass is 10.0. The molecule has 3 unspecified atom stereocenters. The van der Waals surface area contributed by atoms with Crippen molar-refractivity contribution in [2.24, 2.45) is 0 Å². The molecule has 0 fully saturated rings. The smallest absolute Gasteiger partial charge is 0.462 e. The van der Waals surface area contributed by atoms with Gasteiger partial charge in [-0.25, -0.2) is 4.57 Å². The molecule has 0 aliphatic rings. The Kier molecular flexibility index (Phi) is 54.7. The first-order valence-corrected chi connectivity index (χ1v) is 32.0. The van der Waals surface area contributed by atoms with Crippen LogP contribution in [0.3, 0.4) is 0 Å². The molecule has 0 aromatic heterocycles. The highest BCUT2D eigenvalue weighted by molar-refractivity contribution is 7.47. The van der Waals surface area contributed by atoms with E-state index in [0.717, 1.165) is 96.3 Å². The molecule has 0 bridgehead atoms. The van der Waals surface area contributed by atoms with Gasteiger partial charge in [-0.1, -0.05) is 243 Å². The Morgan fingerprint density at radius 3 is 1.11 bits per heavy atom. The third-order valence-corrected chi connectivity index (χ3v) is 14.2. The summed E-state index contributed by atoms with van der Waals surface area (Å²) in [4.78, 5) is 48.6. The lowest BCUT2D eigenvalue weighted by molar-refractivity contribution is -0.161. The Labute approximate surface area is 453 Å². The van der Waals surface area contributed by atoms with E-state index in [1.54, 1.807) is 0 Å². The Balaban J connectivity index is 4.69. The van der Waals surface area contributed by atoms with Crippen LogP contribution in [0.25, 0.3) is 0 Å². The van der Waals surface area contributed by atoms with Crippen LogP contribution < -0.4 is 0 Å². The van der Waals surface area contributed by atoms with Gasteiger partial charge < -0.3 is 24.2 Å². The molecule has 0 aromatic carbocycles. The van der Waals surface area contributed by atoms with Crippen LogP contribution in [0.5, 0.6) is 0 Å². The fraction of sp³-hybridized carbons (Fsp3) is 0.823. The van der Waals surface area contributed by atoms with E-state index in [4.69, 9.17) is 23.3 Å². The molecule has 0 aliphatic carbocycles. The molecule has 12 heteroatoms. The SMILES string of the molecule is CC/C=C\C/C=C\C/C=C\CCCCCC(=O)OC(CO)COP(=O)(O)OCC(COC(=O)CCCCCCCCCCCCCCCCCCCCC)OC(=O)CCCCCCC/C=C\CCCCCCCC. The van der Waals surface area contributed by atoms with E-state index in [0.29, 0.717) is 19.3 Å². The second-order valence-corrected chi connectivity index (χ2v) is 21.9. The summed E-state index contributed by atoms with van der Waals surface area (Å²) in [6, 6.07) is 0.